The van der Waals surface area contributed by atoms with Crippen LogP contribution < -0.4 is 5.32 Å². The van der Waals surface area contributed by atoms with Gasteiger partial charge in [0.2, 0.25) is 5.82 Å². The van der Waals surface area contributed by atoms with Gasteiger partial charge < -0.3 is 20.2 Å². The Kier molecular flexibility index (Phi) is 4.35. The van der Waals surface area contributed by atoms with Crippen molar-refractivity contribution in [1.82, 2.24) is 9.38 Å². The lowest BCUT2D eigenvalue weighted by atomic mass is 9.98. The van der Waals surface area contributed by atoms with Crippen molar-refractivity contribution in [2.45, 2.75) is 38.2 Å². The lowest BCUT2D eigenvalue weighted by Crippen LogP contribution is -2.20. The number of thiazole rings is 1. The number of nitrogens with one attached hydrogen (secondary N) is 1. The Morgan fingerprint density at radius 1 is 1.48 bits per heavy atom. The van der Waals surface area contributed by atoms with Crippen molar-refractivity contribution in [3.8, 4) is 0 Å². The van der Waals surface area contributed by atoms with Crippen LogP contribution in [0.5, 0.6) is 0 Å². The molecule has 0 amide bonds. The van der Waals surface area contributed by atoms with E-state index in [4.69, 9.17) is 4.74 Å². The Morgan fingerprint density at radius 2 is 2.29 bits per heavy atom. The molecule has 2 aromatic rings. The van der Waals surface area contributed by atoms with Crippen LogP contribution in [0.4, 0.5) is 11.6 Å². The van der Waals surface area contributed by atoms with E-state index in [9.17, 15) is 10.1 Å². The normalized spacial score (nSPS) is 16.4. The van der Waals surface area contributed by atoms with Gasteiger partial charge in [0, 0.05) is 11.9 Å². The summed E-state index contributed by atoms with van der Waals surface area (Å²) in [6.45, 7) is 1.08. The van der Waals surface area contributed by atoms with Gasteiger partial charge in [0.15, 0.2) is 0 Å². The Morgan fingerprint density at radius 3 is 3.05 bits per heavy atom. The molecule has 0 aliphatic heterocycles. The molecule has 0 atom stereocenters. The molecule has 0 unspecified atom stereocenters. The van der Waals surface area contributed by atoms with Crippen molar-refractivity contribution in [1.29, 1.82) is 0 Å². The van der Waals surface area contributed by atoms with Crippen molar-refractivity contribution in [3.05, 3.63) is 21.7 Å². The minimum absolute atomic E-state index is 0.0103. The van der Waals surface area contributed by atoms with Crippen molar-refractivity contribution in [2.24, 2.45) is 0 Å². The molecular formula is C13H18N4O3S. The molecule has 2 heterocycles. The third-order valence-electron chi connectivity index (χ3n) is 3.71. The van der Waals surface area contributed by atoms with Crippen molar-refractivity contribution in [2.75, 3.05) is 18.5 Å². The zero-order valence-electron chi connectivity index (χ0n) is 11.7. The fourth-order valence-corrected chi connectivity index (χ4v) is 3.40. The van der Waals surface area contributed by atoms with Crippen LogP contribution in [0.1, 0.15) is 32.1 Å². The number of nitrogens with zero attached hydrogens (tertiary/aromatic N) is 3. The van der Waals surface area contributed by atoms with Crippen LogP contribution in [0.2, 0.25) is 0 Å². The molecule has 1 saturated carbocycles. The Hall–Kier alpha value is -1.67. The van der Waals surface area contributed by atoms with E-state index in [2.05, 4.69) is 10.3 Å². The molecule has 2 aromatic heterocycles. The number of hydrogen-bond acceptors (Lipinski definition) is 6. The Labute approximate surface area is 126 Å². The van der Waals surface area contributed by atoms with Gasteiger partial charge in [0.1, 0.15) is 6.20 Å². The number of ether oxygens (including phenoxy) is 1. The molecule has 0 aromatic carbocycles. The summed E-state index contributed by atoms with van der Waals surface area (Å²) in [4.78, 5) is 15.6. The van der Waals surface area contributed by atoms with Crippen LogP contribution in [-0.4, -0.2) is 33.6 Å². The van der Waals surface area contributed by atoms with E-state index in [0.717, 1.165) is 12.8 Å². The zero-order chi connectivity index (χ0) is 14.7. The Balaban J connectivity index is 1.56. The second kappa shape index (κ2) is 6.40. The number of aromatic nitrogens is 2. The molecule has 1 N–H and O–H groups in total. The lowest BCUT2D eigenvalue weighted by molar-refractivity contribution is -0.389. The summed E-state index contributed by atoms with van der Waals surface area (Å²) in [6.07, 6.45) is 8.04. The van der Waals surface area contributed by atoms with Gasteiger partial charge in [-0.15, -0.1) is 0 Å². The summed E-state index contributed by atoms with van der Waals surface area (Å²) < 4.78 is 7.29. The summed E-state index contributed by atoms with van der Waals surface area (Å²) in [5.41, 5.74) is 0. The zero-order valence-corrected chi connectivity index (χ0v) is 12.5. The van der Waals surface area contributed by atoms with E-state index >= 15 is 0 Å². The number of imidazole rings is 1. The second-order valence-electron chi connectivity index (χ2n) is 5.15. The van der Waals surface area contributed by atoms with E-state index < -0.39 is 4.92 Å². The minimum Gasteiger partial charge on any atom is -0.376 e. The molecule has 1 aliphatic carbocycles. The first kappa shape index (κ1) is 14.3. The molecule has 21 heavy (non-hydrogen) atoms. The maximum atomic E-state index is 11.2. The maximum absolute atomic E-state index is 11.2. The van der Waals surface area contributed by atoms with Crippen molar-refractivity contribution < 1.29 is 9.66 Å². The van der Waals surface area contributed by atoms with Gasteiger partial charge in [0.25, 0.3) is 4.96 Å². The van der Waals surface area contributed by atoms with Crippen LogP contribution >= 0.6 is 11.3 Å². The second-order valence-corrected chi connectivity index (χ2v) is 6.03. The number of nitro groups is 1. The molecule has 1 aliphatic rings. The summed E-state index contributed by atoms with van der Waals surface area (Å²) in [6, 6.07) is 0. The first-order valence-electron chi connectivity index (χ1n) is 7.21. The highest BCUT2D eigenvalue weighted by Gasteiger charge is 2.23. The van der Waals surface area contributed by atoms with Crippen LogP contribution in [0.25, 0.3) is 4.96 Å². The molecule has 0 bridgehead atoms. The number of anilines is 1. The molecule has 114 valence electrons. The molecular weight excluding hydrogens is 292 g/mol. The van der Waals surface area contributed by atoms with Gasteiger partial charge in [-0.25, -0.2) is 0 Å². The van der Waals surface area contributed by atoms with E-state index in [1.807, 2.05) is 0 Å². The minimum atomic E-state index is -0.406. The standard InChI is InChI=1S/C13H18N4O3S/c18-17(19)12-11(15-13-16(12)7-9-21-13)14-6-8-20-10-4-2-1-3-5-10/h7,9-10,14H,1-6,8H2. The monoisotopic (exact) mass is 310 g/mol. The average molecular weight is 310 g/mol. The van der Waals surface area contributed by atoms with Crippen molar-refractivity contribution in [3.63, 3.8) is 0 Å². The number of hydrogen-bond donors (Lipinski definition) is 1. The van der Waals surface area contributed by atoms with Gasteiger partial charge in [-0.1, -0.05) is 30.6 Å². The highest BCUT2D eigenvalue weighted by atomic mass is 32.1. The first-order valence-corrected chi connectivity index (χ1v) is 8.09. The third kappa shape index (κ3) is 3.16. The fraction of sp³-hybridized carbons (Fsp3) is 0.615. The molecule has 3 rings (SSSR count). The molecule has 1 fully saturated rings. The maximum Gasteiger partial charge on any atom is 0.372 e. The van der Waals surface area contributed by atoms with E-state index in [1.165, 1.54) is 35.0 Å². The molecule has 0 saturated heterocycles. The van der Waals surface area contributed by atoms with Gasteiger partial charge in [0.05, 0.1) is 12.7 Å². The Bertz CT molecular complexity index is 618. The largest absolute Gasteiger partial charge is 0.376 e. The molecule has 0 spiro atoms. The smallest absolute Gasteiger partial charge is 0.372 e. The fourth-order valence-electron chi connectivity index (χ4n) is 2.69. The average Bonchev–Trinajstić information content (AvgIpc) is 3.04. The summed E-state index contributed by atoms with van der Waals surface area (Å²) >= 11 is 1.38. The summed E-state index contributed by atoms with van der Waals surface area (Å²) in [7, 11) is 0. The quantitative estimate of drug-likeness (QED) is 0.504. The topological polar surface area (TPSA) is 81.7 Å². The van der Waals surface area contributed by atoms with Crippen LogP contribution in [0, 0.1) is 10.1 Å². The summed E-state index contributed by atoms with van der Waals surface area (Å²) in [5.74, 6) is 0.308. The lowest BCUT2D eigenvalue weighted by Gasteiger charge is -2.21. The number of fused-ring (bicyclic) bond motifs is 1. The molecule has 7 nitrogen and oxygen atoms in total. The van der Waals surface area contributed by atoms with E-state index in [-0.39, 0.29) is 5.82 Å². The van der Waals surface area contributed by atoms with Gasteiger partial charge in [-0.2, -0.15) is 9.38 Å². The van der Waals surface area contributed by atoms with Gasteiger partial charge in [-0.3, -0.25) is 0 Å². The van der Waals surface area contributed by atoms with Crippen LogP contribution in [-0.2, 0) is 4.74 Å². The van der Waals surface area contributed by atoms with Gasteiger partial charge >= 0.3 is 5.82 Å². The SMILES string of the molecule is O=[N+]([O-])c1c(NCCOC2CCCCC2)nc2sccn12. The van der Waals surface area contributed by atoms with E-state index in [1.54, 1.807) is 11.6 Å². The highest BCUT2D eigenvalue weighted by Crippen LogP contribution is 2.27. The van der Waals surface area contributed by atoms with Gasteiger partial charge in [-0.05, 0) is 17.8 Å². The number of rotatable bonds is 6. The molecule has 0 radical (unpaired) electrons. The third-order valence-corrected chi connectivity index (χ3v) is 4.47. The molecule has 8 heteroatoms. The summed E-state index contributed by atoms with van der Waals surface area (Å²) in [5, 5.41) is 16.0. The highest BCUT2D eigenvalue weighted by molar-refractivity contribution is 7.15. The van der Waals surface area contributed by atoms with Crippen molar-refractivity contribution >= 4 is 27.9 Å². The first-order chi connectivity index (χ1) is 10.3. The predicted molar refractivity (Wildman–Crippen MR) is 81.0 cm³/mol. The predicted octanol–water partition coefficient (Wildman–Crippen LogP) is 3.07. The van der Waals surface area contributed by atoms with E-state index in [0.29, 0.717) is 30.0 Å². The van der Waals surface area contributed by atoms with Crippen LogP contribution in [0.15, 0.2) is 11.6 Å². The van der Waals surface area contributed by atoms with Crippen LogP contribution in [0.3, 0.4) is 0 Å².